The van der Waals surface area contributed by atoms with Gasteiger partial charge in [-0.15, -0.1) is 30.9 Å². The predicted octanol–water partition coefficient (Wildman–Crippen LogP) is 3.17. The first kappa shape index (κ1) is 49.7. The molecule has 1 radical (unpaired) electrons. The number of anilines is 2. The van der Waals surface area contributed by atoms with E-state index in [-0.39, 0.29) is 76.4 Å². The van der Waals surface area contributed by atoms with Crippen molar-refractivity contribution in [1.82, 2.24) is 19.1 Å². The Morgan fingerprint density at radius 3 is 1.70 bits per heavy atom. The van der Waals surface area contributed by atoms with E-state index in [9.17, 15) is 23.5 Å². The van der Waals surface area contributed by atoms with E-state index < -0.39 is 90.9 Å². The van der Waals surface area contributed by atoms with Gasteiger partial charge in [0.05, 0.1) is 14.5 Å². The molecule has 0 aromatic carbocycles. The number of nitrogens with two attached hydrogens (primary N) is 2. The fourth-order valence-corrected chi connectivity index (χ4v) is 17.9. The summed E-state index contributed by atoms with van der Waals surface area (Å²) in [6.45, 7) is 15.2. The van der Waals surface area contributed by atoms with Crippen LogP contribution in [-0.4, -0.2) is 132 Å². The molecule has 0 bridgehead atoms. The average molecular weight is 1110 g/mol. The molecule has 3 fully saturated rings. The molecule has 5 rings (SSSR count). The quantitative estimate of drug-likeness (QED) is 0.130. The molecule has 319 valence electrons. The van der Waals surface area contributed by atoms with E-state index in [4.69, 9.17) is 62.5 Å². The van der Waals surface area contributed by atoms with Crippen molar-refractivity contribution in [1.29, 1.82) is 1.28 Å². The van der Waals surface area contributed by atoms with Gasteiger partial charge in [0.2, 0.25) is 12.5 Å². The van der Waals surface area contributed by atoms with Crippen LogP contribution in [0.25, 0.3) is 0 Å². The van der Waals surface area contributed by atoms with Gasteiger partial charge in [0.25, 0.3) is 7.08 Å². The van der Waals surface area contributed by atoms with E-state index in [0.717, 1.165) is 16.8 Å². The molecule has 5 heterocycles. The van der Waals surface area contributed by atoms with Crippen molar-refractivity contribution in [2.24, 2.45) is 0 Å². The second-order valence-electron chi connectivity index (χ2n) is 14.4. The molecule has 1 unspecified atom stereocenters. The van der Waals surface area contributed by atoms with Crippen molar-refractivity contribution >= 4 is 94.0 Å². The van der Waals surface area contributed by atoms with Crippen LogP contribution in [0, 0.1) is 0 Å². The standard InChI is InChI=1S/C21H37F2N3O5Si2.C9H11F2N3O4.Cl2H3PSi.Tl.2H/c1-12(2)32(13(3)4)28-11-16-18(30-33(31-32,14(5)6)15(7)8)21(22,23)19(29-16)26-10-9-17(24)25-20(26)27;10-9(11)6(16)4(3-15)18-7(9)14-2-1-5(12)13-8(14)17;1-4(2)3;;;/h9-10,12-16,18-19H,11H2,1-8H3,(H2,24,25,27);1-2,4,6-7,15-16H,3H2,(H2,12,13,17);4H,3H2;;;/t16-,18+,19-;4-,6+,7-;;;;/m11..../s1/i;;3D;;;. The SMILES string of the molecule is CC(C)[Si]1(C(C)C)OC[C@H]2O[C@@H](n3ccc(N)nc3=O)C(F)(F)[C@H]2O[Si](C(C)C)(C(C)C)O1.Nc1ccn([C@@H]2O[C@H](CO)[C@H](O)C2(F)F)c(=O)n1.[2H]P[SiH](Cl)Cl.[TlH2]. The molecule has 2 aromatic rings. The van der Waals surface area contributed by atoms with Gasteiger partial charge in [0.1, 0.15) is 29.9 Å². The summed E-state index contributed by atoms with van der Waals surface area (Å²) in [4.78, 5) is 30.7. The molecule has 7 atom stereocenters. The summed E-state index contributed by atoms with van der Waals surface area (Å²) >= 11 is 10.4. The van der Waals surface area contributed by atoms with Gasteiger partial charge in [0, 0.05) is 12.4 Å². The molecule has 15 nitrogen and oxygen atoms in total. The summed E-state index contributed by atoms with van der Waals surface area (Å²) in [7, 11) is -7.62. The Hall–Kier alpha value is -0.617. The van der Waals surface area contributed by atoms with Crippen molar-refractivity contribution < 1.29 is 50.2 Å². The number of hydrogen-bond acceptors (Lipinski definition) is 13. The Labute approximate surface area is 359 Å². The second kappa shape index (κ2) is 20.3. The third-order valence-electron chi connectivity index (χ3n) is 9.44. The van der Waals surface area contributed by atoms with E-state index in [0.29, 0.717) is 4.57 Å². The summed E-state index contributed by atoms with van der Waals surface area (Å²) in [6, 6.07) is 2.44. The minimum atomic E-state index is -3.71. The Morgan fingerprint density at radius 1 is 0.911 bits per heavy atom. The van der Waals surface area contributed by atoms with Crippen LogP contribution in [0.5, 0.6) is 0 Å². The van der Waals surface area contributed by atoms with Crippen molar-refractivity contribution in [2.75, 3.05) is 24.7 Å². The van der Waals surface area contributed by atoms with Gasteiger partial charge in [-0.2, -0.15) is 27.5 Å². The topological polar surface area (TPSA) is 208 Å². The molecule has 0 spiro atoms. The summed E-state index contributed by atoms with van der Waals surface area (Å²) in [5, 5.41) is 18.1. The van der Waals surface area contributed by atoms with Crippen LogP contribution in [0.2, 0.25) is 22.2 Å². The summed E-state index contributed by atoms with van der Waals surface area (Å²) in [5.41, 5.74) is 8.76. The molecule has 0 aliphatic carbocycles. The Bertz CT molecular complexity index is 1740. The second-order valence-corrected chi connectivity index (χ2v) is 31.1. The number of nitrogens with zero attached hydrogens (tertiary/aromatic N) is 4. The molecule has 56 heavy (non-hydrogen) atoms. The number of aliphatic hydroxyl groups excluding tert-OH is 2. The first-order valence-electron chi connectivity index (χ1n) is 17.9. The van der Waals surface area contributed by atoms with E-state index in [1.54, 1.807) is 0 Å². The predicted molar refractivity (Wildman–Crippen MR) is 218 cm³/mol. The Morgan fingerprint density at radius 2 is 1.34 bits per heavy atom. The van der Waals surface area contributed by atoms with Crippen molar-refractivity contribution in [2.45, 2.75) is 126 Å². The molecule has 26 heteroatoms. The number of aromatic nitrogens is 4. The zero-order valence-corrected chi connectivity index (χ0v) is 46.0. The van der Waals surface area contributed by atoms with Gasteiger partial charge in [-0.05, 0) is 34.3 Å². The van der Waals surface area contributed by atoms with E-state index in [2.05, 4.69) is 37.7 Å². The van der Waals surface area contributed by atoms with Gasteiger partial charge in [-0.25, -0.2) is 9.59 Å². The fraction of sp³-hybridized carbons (Fsp3) is 0.733. The van der Waals surface area contributed by atoms with E-state index in [1.165, 1.54) is 12.3 Å². The number of ether oxygens (including phenoxy) is 2. The third-order valence-corrected chi connectivity index (χ3v) is 19.7. The normalized spacial score (nSPS) is 27.9. The van der Waals surface area contributed by atoms with E-state index >= 15 is 8.78 Å². The van der Waals surface area contributed by atoms with Crippen molar-refractivity contribution in [3.63, 3.8) is 0 Å². The van der Waals surface area contributed by atoms with Crippen LogP contribution in [-0.2, 0) is 22.4 Å². The van der Waals surface area contributed by atoms with Crippen molar-refractivity contribution in [3.8, 4) is 0 Å². The van der Waals surface area contributed by atoms with Gasteiger partial charge in [-0.3, -0.25) is 9.13 Å². The van der Waals surface area contributed by atoms with Crippen LogP contribution in [0.3, 0.4) is 0 Å². The van der Waals surface area contributed by atoms with Gasteiger partial charge >= 0.3 is 67.6 Å². The third kappa shape index (κ3) is 10.8. The zero-order valence-electron chi connectivity index (χ0n) is 33.5. The number of nitrogen functional groups attached to an aromatic ring is 2. The summed E-state index contributed by atoms with van der Waals surface area (Å²) < 4.78 is 97.3. The van der Waals surface area contributed by atoms with Gasteiger partial charge in [-0.1, -0.05) is 55.4 Å². The van der Waals surface area contributed by atoms with Gasteiger partial charge < -0.3 is 44.1 Å². The molecular weight excluding hydrogens is 1050 g/mol. The molecule has 3 aliphatic heterocycles. The first-order chi connectivity index (χ1) is 25.8. The Balaban J connectivity index is 0.000000391. The zero-order chi connectivity index (χ0) is 42.7. The molecule has 3 saturated heterocycles. The van der Waals surface area contributed by atoms with Crippen molar-refractivity contribution in [3.05, 3.63) is 45.5 Å². The molecule has 0 saturated carbocycles. The van der Waals surface area contributed by atoms with E-state index in [1.807, 2.05) is 27.7 Å². The molecule has 2 aromatic heterocycles. The fourth-order valence-electron chi connectivity index (χ4n) is 6.70. The monoisotopic (exact) mass is 1110 g/mol. The molecule has 6 N–H and O–H groups in total. The number of halogens is 6. The minimum absolute atomic E-state index is 0. The number of alkyl halides is 4. The summed E-state index contributed by atoms with van der Waals surface area (Å²) in [5.74, 6) is -7.39. The number of fused-ring (bicyclic) bond motifs is 1. The number of rotatable bonds is 8. The molecular formula is C30H53Cl2F4N6O9PSi3Tl. The first-order valence-corrected chi connectivity index (χ1v) is 27.1. The van der Waals surface area contributed by atoms with Crippen LogP contribution in [0.1, 0.15) is 67.8 Å². The maximum absolute atomic E-state index is 15.9. The summed E-state index contributed by atoms with van der Waals surface area (Å²) in [6.07, 6.45) is -8.07. The van der Waals surface area contributed by atoms with Crippen LogP contribution < -0.4 is 22.8 Å². The number of hydrogen-bond donors (Lipinski definition) is 4. The molecule has 0 amide bonds. The van der Waals surface area contributed by atoms with Crippen LogP contribution >= 0.6 is 30.9 Å². The molecule has 3 aliphatic rings. The average Bonchev–Trinajstić information content (AvgIpc) is 3.46. The van der Waals surface area contributed by atoms with Gasteiger partial charge in [0.15, 0.2) is 6.10 Å². The van der Waals surface area contributed by atoms with Crippen LogP contribution in [0.4, 0.5) is 29.2 Å². The Kier molecular flexibility index (Phi) is 18.0. The number of aliphatic hydroxyl groups is 2. The maximum atomic E-state index is 15.9. The van der Waals surface area contributed by atoms with Crippen LogP contribution in [0.15, 0.2) is 34.1 Å².